The maximum Gasteiger partial charge on any atom is 0.425 e. The summed E-state index contributed by atoms with van der Waals surface area (Å²) in [5, 5.41) is 6.72. The number of aromatic amines is 1. The number of hydrogen-bond acceptors (Lipinski definition) is 3. The van der Waals surface area contributed by atoms with Crippen molar-refractivity contribution in [2.75, 3.05) is 18.2 Å². The molecule has 1 N–H and O–H groups in total. The van der Waals surface area contributed by atoms with Crippen molar-refractivity contribution in [3.05, 3.63) is 72.4 Å². The standard InChI is InChI=1S/C20H19F2N3O2/c1-20(13-21,14-22)17-12-18(24-23-17)25(15-8-4-2-5-9-15)19(26)27-16-10-6-3-7-11-16/h2-12H,13-14H2,1H3,(H,23,24). The number of benzene rings is 2. The van der Waals surface area contributed by atoms with E-state index >= 15 is 0 Å². The molecule has 0 fully saturated rings. The van der Waals surface area contributed by atoms with Crippen LogP contribution in [0.3, 0.4) is 0 Å². The molecule has 5 nitrogen and oxygen atoms in total. The smallest absolute Gasteiger partial charge is 0.410 e. The van der Waals surface area contributed by atoms with E-state index < -0.39 is 24.9 Å². The van der Waals surface area contributed by atoms with Gasteiger partial charge in [0, 0.05) is 11.8 Å². The molecule has 0 spiro atoms. The van der Waals surface area contributed by atoms with E-state index in [0.29, 0.717) is 11.4 Å². The Bertz CT molecular complexity index is 881. The van der Waals surface area contributed by atoms with Crippen LogP contribution in [-0.4, -0.2) is 29.6 Å². The van der Waals surface area contributed by atoms with Gasteiger partial charge in [0.1, 0.15) is 19.1 Å². The maximum absolute atomic E-state index is 13.3. The summed E-state index contributed by atoms with van der Waals surface area (Å²) in [7, 11) is 0. The molecule has 1 amide bonds. The molecule has 140 valence electrons. The van der Waals surface area contributed by atoms with Crippen molar-refractivity contribution in [2.24, 2.45) is 0 Å². The number of carbonyl (C=O) groups excluding carboxylic acids is 1. The molecule has 0 saturated carbocycles. The first-order valence-corrected chi connectivity index (χ1v) is 8.37. The highest BCUT2D eigenvalue weighted by Gasteiger charge is 2.31. The first kappa shape index (κ1) is 18.6. The Morgan fingerprint density at radius 3 is 2.26 bits per heavy atom. The summed E-state index contributed by atoms with van der Waals surface area (Å²) >= 11 is 0. The number of H-pyrrole nitrogens is 1. The molecule has 2 aromatic carbocycles. The monoisotopic (exact) mass is 371 g/mol. The van der Waals surface area contributed by atoms with E-state index in [1.807, 2.05) is 6.07 Å². The van der Waals surface area contributed by atoms with Crippen LogP contribution in [0.4, 0.5) is 25.1 Å². The van der Waals surface area contributed by atoms with E-state index in [0.717, 1.165) is 0 Å². The van der Waals surface area contributed by atoms with Crippen LogP contribution in [0.25, 0.3) is 0 Å². The number of halogens is 2. The van der Waals surface area contributed by atoms with Crippen LogP contribution in [0, 0.1) is 0 Å². The van der Waals surface area contributed by atoms with E-state index in [4.69, 9.17) is 4.74 Å². The maximum atomic E-state index is 13.3. The van der Waals surface area contributed by atoms with Gasteiger partial charge >= 0.3 is 6.09 Å². The van der Waals surface area contributed by atoms with E-state index in [-0.39, 0.29) is 11.5 Å². The van der Waals surface area contributed by atoms with Gasteiger partial charge in [-0.3, -0.25) is 5.10 Å². The van der Waals surface area contributed by atoms with E-state index in [1.165, 1.54) is 17.9 Å². The number of para-hydroxylation sites is 2. The lowest BCUT2D eigenvalue weighted by molar-refractivity contribution is 0.210. The predicted molar refractivity (Wildman–Crippen MR) is 98.9 cm³/mol. The third kappa shape index (κ3) is 3.97. The number of alkyl halides is 2. The number of hydrogen-bond donors (Lipinski definition) is 1. The van der Waals surface area contributed by atoms with Gasteiger partial charge in [0.05, 0.1) is 11.1 Å². The SMILES string of the molecule is CC(CF)(CF)c1cc(N(C(=O)Oc2ccccc2)c2ccccc2)n[nH]1. The number of aromatic nitrogens is 2. The second-order valence-corrected chi connectivity index (χ2v) is 6.32. The fourth-order valence-electron chi connectivity index (χ4n) is 2.46. The van der Waals surface area contributed by atoms with Crippen LogP contribution in [0.15, 0.2) is 66.7 Å². The Morgan fingerprint density at radius 2 is 1.67 bits per heavy atom. The van der Waals surface area contributed by atoms with Crippen molar-refractivity contribution >= 4 is 17.6 Å². The third-order valence-corrected chi connectivity index (χ3v) is 4.18. The zero-order valence-corrected chi connectivity index (χ0v) is 14.7. The summed E-state index contributed by atoms with van der Waals surface area (Å²) in [4.78, 5) is 14.1. The van der Waals surface area contributed by atoms with Crippen molar-refractivity contribution in [1.82, 2.24) is 10.2 Å². The van der Waals surface area contributed by atoms with Gasteiger partial charge in [-0.15, -0.1) is 0 Å². The molecule has 1 aromatic heterocycles. The molecule has 0 bridgehead atoms. The summed E-state index contributed by atoms with van der Waals surface area (Å²) in [5.41, 5.74) is -0.577. The van der Waals surface area contributed by atoms with Crippen LogP contribution in [0.2, 0.25) is 0 Å². The highest BCUT2D eigenvalue weighted by atomic mass is 19.1. The Hall–Kier alpha value is -3.22. The van der Waals surface area contributed by atoms with E-state index in [1.54, 1.807) is 54.6 Å². The minimum absolute atomic E-state index is 0.185. The predicted octanol–water partition coefficient (Wildman–Crippen LogP) is 4.94. The fourth-order valence-corrected chi connectivity index (χ4v) is 2.46. The van der Waals surface area contributed by atoms with Crippen molar-refractivity contribution in [3.63, 3.8) is 0 Å². The van der Waals surface area contributed by atoms with Crippen LogP contribution in [0.5, 0.6) is 5.75 Å². The zero-order chi connectivity index (χ0) is 19.3. The number of anilines is 2. The number of rotatable bonds is 6. The van der Waals surface area contributed by atoms with Crippen molar-refractivity contribution in [1.29, 1.82) is 0 Å². The van der Waals surface area contributed by atoms with Gasteiger partial charge in [-0.25, -0.2) is 18.5 Å². The van der Waals surface area contributed by atoms with Gasteiger partial charge in [0.25, 0.3) is 0 Å². The summed E-state index contributed by atoms with van der Waals surface area (Å²) in [5.74, 6) is 0.557. The summed E-state index contributed by atoms with van der Waals surface area (Å²) < 4.78 is 32.0. The first-order chi connectivity index (χ1) is 13.1. The summed E-state index contributed by atoms with van der Waals surface area (Å²) in [6.07, 6.45) is -0.687. The number of amides is 1. The molecular formula is C20H19F2N3O2. The molecule has 0 saturated heterocycles. The van der Waals surface area contributed by atoms with Crippen LogP contribution in [-0.2, 0) is 5.41 Å². The van der Waals surface area contributed by atoms with E-state index in [9.17, 15) is 13.6 Å². The minimum Gasteiger partial charge on any atom is -0.410 e. The Kier molecular flexibility index (Phi) is 5.49. The average Bonchev–Trinajstić information content (AvgIpc) is 3.19. The number of nitrogens with zero attached hydrogens (tertiary/aromatic N) is 2. The minimum atomic E-state index is -1.35. The van der Waals surface area contributed by atoms with Crippen LogP contribution >= 0.6 is 0 Å². The number of nitrogens with one attached hydrogen (secondary N) is 1. The first-order valence-electron chi connectivity index (χ1n) is 8.37. The van der Waals surface area contributed by atoms with Gasteiger partial charge in [-0.05, 0) is 31.2 Å². The highest BCUT2D eigenvalue weighted by molar-refractivity contribution is 5.96. The van der Waals surface area contributed by atoms with Gasteiger partial charge in [-0.2, -0.15) is 5.10 Å². The zero-order valence-electron chi connectivity index (χ0n) is 14.7. The van der Waals surface area contributed by atoms with Gasteiger partial charge in [-0.1, -0.05) is 36.4 Å². The highest BCUT2D eigenvalue weighted by Crippen LogP contribution is 2.30. The molecule has 0 unspecified atom stereocenters. The third-order valence-electron chi connectivity index (χ3n) is 4.18. The Labute approximate surface area is 155 Å². The Balaban J connectivity index is 1.96. The molecule has 0 atom stereocenters. The topological polar surface area (TPSA) is 58.2 Å². The van der Waals surface area contributed by atoms with Gasteiger partial charge in [0.15, 0.2) is 5.82 Å². The van der Waals surface area contributed by atoms with Gasteiger partial charge < -0.3 is 4.74 Å². The normalized spacial score (nSPS) is 11.2. The summed E-state index contributed by atoms with van der Waals surface area (Å²) in [6, 6.07) is 18.8. The lowest BCUT2D eigenvalue weighted by Crippen LogP contribution is -2.29. The molecule has 3 aromatic rings. The quantitative estimate of drug-likeness (QED) is 0.667. The second-order valence-electron chi connectivity index (χ2n) is 6.32. The van der Waals surface area contributed by atoms with Crippen molar-refractivity contribution in [2.45, 2.75) is 12.3 Å². The fraction of sp³-hybridized carbons (Fsp3) is 0.200. The molecule has 27 heavy (non-hydrogen) atoms. The van der Waals surface area contributed by atoms with Crippen LogP contribution in [0.1, 0.15) is 12.6 Å². The van der Waals surface area contributed by atoms with Gasteiger partial charge in [0.2, 0.25) is 0 Å². The van der Waals surface area contributed by atoms with E-state index in [2.05, 4.69) is 10.2 Å². The van der Waals surface area contributed by atoms with Crippen LogP contribution < -0.4 is 9.64 Å². The van der Waals surface area contributed by atoms with Crippen molar-refractivity contribution < 1.29 is 18.3 Å². The molecule has 7 heteroatoms. The molecule has 0 radical (unpaired) electrons. The average molecular weight is 371 g/mol. The molecule has 3 rings (SSSR count). The molecule has 0 aliphatic rings. The summed E-state index contributed by atoms with van der Waals surface area (Å²) in [6.45, 7) is -0.352. The molecule has 1 heterocycles. The Morgan fingerprint density at radius 1 is 1.07 bits per heavy atom. The van der Waals surface area contributed by atoms with Crippen molar-refractivity contribution in [3.8, 4) is 5.75 Å². The number of carbonyl (C=O) groups is 1. The molecule has 0 aliphatic heterocycles. The molecular weight excluding hydrogens is 352 g/mol. The lowest BCUT2D eigenvalue weighted by atomic mass is 9.90. The lowest BCUT2D eigenvalue weighted by Gasteiger charge is -2.21. The number of ether oxygens (including phenoxy) is 1. The largest absolute Gasteiger partial charge is 0.425 e. The molecule has 0 aliphatic carbocycles. The second kappa shape index (κ2) is 7.99.